The van der Waals surface area contributed by atoms with Crippen LogP contribution in [-0.4, -0.2) is 44.3 Å². The molecule has 0 aliphatic carbocycles. The Morgan fingerprint density at radius 2 is 1.59 bits per heavy atom. The van der Waals surface area contributed by atoms with Crippen LogP contribution in [0.1, 0.15) is 40.0 Å². The summed E-state index contributed by atoms with van der Waals surface area (Å²) in [7, 11) is 0. The first kappa shape index (κ1) is 16.7. The second-order valence-corrected chi connectivity index (χ2v) is 4.25. The van der Waals surface area contributed by atoms with Crippen molar-refractivity contribution in [3.05, 3.63) is 0 Å². The summed E-state index contributed by atoms with van der Waals surface area (Å²) in [6.07, 6.45) is 1.52. The van der Waals surface area contributed by atoms with Gasteiger partial charge in [-0.1, -0.05) is 33.6 Å². The number of hydrogen-bond acceptors (Lipinski definition) is 8. The normalized spacial score (nSPS) is 14.6. The Bertz CT molecular complexity index is 198. The third kappa shape index (κ3) is 7.58. The predicted molar refractivity (Wildman–Crippen MR) is 55.0 cm³/mol. The number of hydrogen-bond donors (Lipinski definition) is 4. The van der Waals surface area contributed by atoms with Gasteiger partial charge < -0.3 is 0 Å². The highest BCUT2D eigenvalue weighted by molar-refractivity contribution is 4.75. The Kier molecular flexibility index (Phi) is 7.75. The average molecular weight is 254 g/mol. The van der Waals surface area contributed by atoms with Crippen molar-refractivity contribution in [2.45, 2.75) is 46.1 Å². The van der Waals surface area contributed by atoms with Gasteiger partial charge in [0.05, 0.1) is 10.8 Å². The molecule has 0 aliphatic heterocycles. The van der Waals surface area contributed by atoms with Gasteiger partial charge in [-0.25, -0.2) is 9.68 Å². The lowest BCUT2D eigenvalue weighted by atomic mass is 9.79. The summed E-state index contributed by atoms with van der Waals surface area (Å²) in [5, 5.41) is 33.2. The molecule has 0 saturated heterocycles. The largest absolute Gasteiger partial charge is 0.266 e. The molecule has 8 nitrogen and oxygen atoms in total. The highest BCUT2D eigenvalue weighted by Gasteiger charge is 2.27. The Hall–Kier alpha value is -0.320. The highest BCUT2D eigenvalue weighted by Crippen LogP contribution is 2.32. The van der Waals surface area contributed by atoms with Crippen molar-refractivity contribution in [2.24, 2.45) is 5.41 Å². The van der Waals surface area contributed by atoms with Crippen molar-refractivity contribution in [1.82, 2.24) is 10.8 Å². The molecule has 104 valence electrons. The van der Waals surface area contributed by atoms with E-state index < -0.39 is 16.9 Å². The van der Waals surface area contributed by atoms with Gasteiger partial charge in [-0.05, 0) is 11.8 Å². The minimum atomic E-state index is -0.711. The molecule has 0 amide bonds. The SMILES string of the molecule is CCC(C)(CC)C[C@H](CON(O)O)ON(O)O. The van der Waals surface area contributed by atoms with Crippen molar-refractivity contribution in [3.63, 3.8) is 0 Å². The van der Waals surface area contributed by atoms with E-state index in [-0.39, 0.29) is 12.0 Å². The van der Waals surface area contributed by atoms with E-state index in [4.69, 9.17) is 20.8 Å². The van der Waals surface area contributed by atoms with Crippen LogP contribution in [0, 0.1) is 5.41 Å². The van der Waals surface area contributed by atoms with Crippen LogP contribution in [0.4, 0.5) is 0 Å². The zero-order valence-electron chi connectivity index (χ0n) is 10.4. The lowest BCUT2D eigenvalue weighted by molar-refractivity contribution is -0.528. The van der Waals surface area contributed by atoms with Gasteiger partial charge >= 0.3 is 0 Å². The van der Waals surface area contributed by atoms with Gasteiger partial charge in [0.1, 0.15) is 12.7 Å². The number of nitrogens with zero attached hydrogens (tertiary/aromatic N) is 2. The Morgan fingerprint density at radius 1 is 1.06 bits per heavy atom. The summed E-state index contributed by atoms with van der Waals surface area (Å²) >= 11 is 0. The lowest BCUT2D eigenvalue weighted by Gasteiger charge is -2.31. The molecule has 0 saturated carbocycles. The topological polar surface area (TPSA) is 106 Å². The van der Waals surface area contributed by atoms with Gasteiger partial charge in [0, 0.05) is 0 Å². The monoisotopic (exact) mass is 254 g/mol. The van der Waals surface area contributed by atoms with Crippen molar-refractivity contribution < 1.29 is 30.5 Å². The summed E-state index contributed by atoms with van der Waals surface area (Å²) in [6, 6.07) is 0. The van der Waals surface area contributed by atoms with Crippen LogP contribution in [0.3, 0.4) is 0 Å². The van der Waals surface area contributed by atoms with Crippen molar-refractivity contribution in [1.29, 1.82) is 0 Å². The maximum atomic E-state index is 8.60. The molecule has 0 unspecified atom stereocenters. The third-order valence-electron chi connectivity index (χ3n) is 3.05. The van der Waals surface area contributed by atoms with Gasteiger partial charge in [0.2, 0.25) is 0 Å². The number of rotatable bonds is 9. The van der Waals surface area contributed by atoms with Gasteiger partial charge in [0.15, 0.2) is 0 Å². The fourth-order valence-corrected chi connectivity index (χ4v) is 1.50. The van der Waals surface area contributed by atoms with E-state index in [0.29, 0.717) is 6.42 Å². The first-order valence-corrected chi connectivity index (χ1v) is 5.48. The van der Waals surface area contributed by atoms with Gasteiger partial charge in [-0.15, -0.1) is 0 Å². The van der Waals surface area contributed by atoms with E-state index in [2.05, 4.69) is 9.68 Å². The molecular formula is C9H22N2O6. The van der Waals surface area contributed by atoms with E-state index in [1.165, 1.54) is 0 Å². The maximum Gasteiger partial charge on any atom is 0.110 e. The summed E-state index contributed by atoms with van der Waals surface area (Å²) < 4.78 is 0. The molecule has 0 fully saturated rings. The summed E-state index contributed by atoms with van der Waals surface area (Å²) in [5.74, 6) is 0. The standard InChI is InChI=1S/C9H22N2O6/c1-4-9(3,5-2)6-8(17-11(14)15)7-16-10(12)13/h8,12-15H,4-7H2,1-3H3/t8-/m1/s1. The van der Waals surface area contributed by atoms with Crippen LogP contribution in [0.5, 0.6) is 0 Å². The average Bonchev–Trinajstić information content (AvgIpc) is 2.25. The van der Waals surface area contributed by atoms with E-state index in [0.717, 1.165) is 12.8 Å². The summed E-state index contributed by atoms with van der Waals surface area (Å²) in [6.45, 7) is 5.83. The second kappa shape index (κ2) is 7.90. The molecule has 4 N–H and O–H groups in total. The van der Waals surface area contributed by atoms with Crippen LogP contribution in [0.15, 0.2) is 0 Å². The third-order valence-corrected chi connectivity index (χ3v) is 3.05. The van der Waals surface area contributed by atoms with Crippen molar-refractivity contribution in [2.75, 3.05) is 6.61 Å². The lowest BCUT2D eigenvalue weighted by Crippen LogP contribution is -2.35. The zero-order valence-corrected chi connectivity index (χ0v) is 10.4. The smallest absolute Gasteiger partial charge is 0.110 e. The predicted octanol–water partition coefficient (Wildman–Crippen LogP) is 1.60. The molecule has 0 bridgehead atoms. The van der Waals surface area contributed by atoms with Gasteiger partial charge in [0.25, 0.3) is 0 Å². The molecule has 0 heterocycles. The molecule has 0 radical (unpaired) electrons. The maximum absolute atomic E-state index is 8.60. The van der Waals surface area contributed by atoms with Gasteiger partial charge in [-0.3, -0.25) is 20.8 Å². The quantitative estimate of drug-likeness (QED) is 0.460. The van der Waals surface area contributed by atoms with Crippen LogP contribution in [0.2, 0.25) is 0 Å². The zero-order chi connectivity index (χ0) is 13.5. The minimum absolute atomic E-state index is 0.0558. The molecule has 0 aromatic rings. The molecule has 1 atom stereocenters. The van der Waals surface area contributed by atoms with Crippen LogP contribution in [-0.2, 0) is 9.68 Å². The summed E-state index contributed by atoms with van der Waals surface area (Å²) in [5.41, 5.74) is -0.0558. The molecule has 8 heteroatoms. The molecule has 0 aromatic heterocycles. The second-order valence-electron chi connectivity index (χ2n) is 4.25. The van der Waals surface area contributed by atoms with Crippen LogP contribution in [0.25, 0.3) is 0 Å². The summed E-state index contributed by atoms with van der Waals surface area (Å²) in [4.78, 5) is 9.08. The Morgan fingerprint density at radius 3 is 1.94 bits per heavy atom. The highest BCUT2D eigenvalue weighted by atomic mass is 17.1. The van der Waals surface area contributed by atoms with Crippen LogP contribution >= 0.6 is 0 Å². The minimum Gasteiger partial charge on any atom is -0.266 e. The Balaban J connectivity index is 4.35. The fraction of sp³-hybridized carbons (Fsp3) is 1.00. The van der Waals surface area contributed by atoms with Gasteiger partial charge in [-0.2, -0.15) is 0 Å². The molecule has 17 heavy (non-hydrogen) atoms. The van der Waals surface area contributed by atoms with E-state index >= 15 is 0 Å². The molecule has 0 spiro atoms. The first-order valence-electron chi connectivity index (χ1n) is 5.48. The molecule has 0 aliphatic rings. The Labute approximate surface area is 100 Å². The first-order chi connectivity index (χ1) is 7.83. The molecule has 0 aromatic carbocycles. The van der Waals surface area contributed by atoms with E-state index in [1.807, 2.05) is 20.8 Å². The van der Waals surface area contributed by atoms with Crippen LogP contribution < -0.4 is 0 Å². The fourth-order valence-electron chi connectivity index (χ4n) is 1.50. The molecular weight excluding hydrogens is 232 g/mol. The van der Waals surface area contributed by atoms with Crippen molar-refractivity contribution in [3.8, 4) is 0 Å². The molecule has 0 rings (SSSR count). The van der Waals surface area contributed by atoms with E-state index in [9.17, 15) is 0 Å². The van der Waals surface area contributed by atoms with Crippen molar-refractivity contribution >= 4 is 0 Å². The van der Waals surface area contributed by atoms with E-state index in [1.54, 1.807) is 0 Å².